The summed E-state index contributed by atoms with van der Waals surface area (Å²) < 4.78 is 1.78. The number of hydrogen-bond donors (Lipinski definition) is 1. The molecule has 4 rings (SSSR count). The van der Waals surface area contributed by atoms with Gasteiger partial charge in [0.05, 0.1) is 11.6 Å². The van der Waals surface area contributed by atoms with Crippen LogP contribution >= 0.6 is 11.6 Å². The van der Waals surface area contributed by atoms with Gasteiger partial charge in [-0.2, -0.15) is 0 Å². The Balaban J connectivity index is 1.59. The third kappa shape index (κ3) is 3.94. The average molecular weight is 389 g/mol. The van der Waals surface area contributed by atoms with Crippen LogP contribution in [0.3, 0.4) is 0 Å². The molecule has 6 heteroatoms. The zero-order valence-electron chi connectivity index (χ0n) is 14.9. The molecule has 1 unspecified atom stereocenters. The molecule has 0 bridgehead atoms. The monoisotopic (exact) mass is 388 g/mol. The molecule has 4 aromatic rings. The van der Waals surface area contributed by atoms with E-state index >= 15 is 0 Å². The van der Waals surface area contributed by atoms with E-state index in [9.17, 15) is 4.79 Å². The second-order valence-electron chi connectivity index (χ2n) is 6.24. The summed E-state index contributed by atoms with van der Waals surface area (Å²) in [5.41, 5.74) is 2.42. The van der Waals surface area contributed by atoms with Crippen molar-refractivity contribution in [2.75, 3.05) is 0 Å². The number of rotatable bonds is 5. The van der Waals surface area contributed by atoms with Crippen LogP contribution in [-0.2, 0) is 0 Å². The Bertz CT molecular complexity index is 1050. The molecule has 0 saturated carbocycles. The van der Waals surface area contributed by atoms with E-state index in [-0.39, 0.29) is 11.9 Å². The summed E-state index contributed by atoms with van der Waals surface area (Å²) in [6, 6.07) is 20.5. The van der Waals surface area contributed by atoms with Gasteiger partial charge in [-0.25, -0.2) is 9.97 Å². The molecule has 1 atom stereocenters. The summed E-state index contributed by atoms with van der Waals surface area (Å²) in [4.78, 5) is 21.2. The number of carbonyl (C=O) groups is 1. The van der Waals surface area contributed by atoms with E-state index in [0.717, 1.165) is 11.1 Å². The van der Waals surface area contributed by atoms with Crippen LogP contribution in [0.1, 0.15) is 27.5 Å². The van der Waals surface area contributed by atoms with Crippen molar-refractivity contribution < 1.29 is 4.79 Å². The normalized spacial score (nSPS) is 11.8. The Hall–Kier alpha value is -3.44. The molecule has 0 saturated heterocycles. The van der Waals surface area contributed by atoms with Gasteiger partial charge in [0.2, 0.25) is 0 Å². The van der Waals surface area contributed by atoms with Crippen molar-refractivity contribution in [1.82, 2.24) is 19.9 Å². The zero-order valence-corrected chi connectivity index (χ0v) is 15.6. The van der Waals surface area contributed by atoms with E-state index in [4.69, 9.17) is 11.6 Å². The summed E-state index contributed by atoms with van der Waals surface area (Å²) >= 11 is 6.02. The minimum Gasteiger partial charge on any atom is -0.341 e. The molecule has 2 heterocycles. The highest BCUT2D eigenvalue weighted by Crippen LogP contribution is 2.24. The summed E-state index contributed by atoms with van der Waals surface area (Å²) in [6.07, 6.45) is 6.70. The highest BCUT2D eigenvalue weighted by atomic mass is 35.5. The first-order valence-corrected chi connectivity index (χ1v) is 9.14. The molecular formula is C22H17ClN4O. The number of pyridine rings is 1. The van der Waals surface area contributed by atoms with E-state index in [0.29, 0.717) is 16.4 Å². The van der Waals surface area contributed by atoms with Crippen molar-refractivity contribution in [2.45, 2.75) is 6.04 Å². The fourth-order valence-corrected chi connectivity index (χ4v) is 3.07. The Morgan fingerprint density at radius 1 is 0.964 bits per heavy atom. The quantitative estimate of drug-likeness (QED) is 0.549. The van der Waals surface area contributed by atoms with Gasteiger partial charge in [-0.3, -0.25) is 9.36 Å². The fraction of sp³-hybridized carbons (Fsp3) is 0.0455. The molecule has 2 aromatic heterocycles. The summed E-state index contributed by atoms with van der Waals surface area (Å²) in [5.74, 6) is 0.500. The third-order valence-electron chi connectivity index (χ3n) is 4.39. The van der Waals surface area contributed by atoms with E-state index < -0.39 is 0 Å². The van der Waals surface area contributed by atoms with Crippen LogP contribution in [0.15, 0.2) is 91.6 Å². The van der Waals surface area contributed by atoms with Crippen molar-refractivity contribution in [3.05, 3.63) is 113 Å². The number of halogens is 1. The molecule has 5 nitrogen and oxygen atoms in total. The Labute approximate surface area is 167 Å². The van der Waals surface area contributed by atoms with Crippen molar-refractivity contribution in [3.63, 3.8) is 0 Å². The summed E-state index contributed by atoms with van der Waals surface area (Å²) in [6.45, 7) is 0. The molecule has 2 aromatic carbocycles. The van der Waals surface area contributed by atoms with E-state index in [1.807, 2.05) is 54.6 Å². The standard InChI is InChI=1S/C22H17ClN4O/c23-19-9-6-17(7-10-19)21(16-4-2-1-3-5-16)26-22(28)18-8-11-20(25-14-18)27-13-12-24-15-27/h1-15,21H,(H,26,28). The number of benzene rings is 2. The second kappa shape index (κ2) is 8.06. The molecule has 0 spiro atoms. The maximum Gasteiger partial charge on any atom is 0.253 e. The number of imidazole rings is 1. The molecule has 1 N–H and O–H groups in total. The number of hydrogen-bond acceptors (Lipinski definition) is 3. The maximum atomic E-state index is 12.9. The number of carbonyl (C=O) groups excluding carboxylic acids is 1. The number of nitrogens with zero attached hydrogens (tertiary/aromatic N) is 3. The molecule has 138 valence electrons. The summed E-state index contributed by atoms with van der Waals surface area (Å²) in [5, 5.41) is 3.75. The Kier molecular flexibility index (Phi) is 5.17. The van der Waals surface area contributed by atoms with Crippen molar-refractivity contribution in [3.8, 4) is 5.82 Å². The van der Waals surface area contributed by atoms with Gasteiger partial charge < -0.3 is 5.32 Å². The molecule has 0 fully saturated rings. The number of amides is 1. The molecule has 1 amide bonds. The first-order valence-electron chi connectivity index (χ1n) is 8.76. The first kappa shape index (κ1) is 17.9. The zero-order chi connectivity index (χ0) is 19.3. The van der Waals surface area contributed by atoms with E-state index in [2.05, 4.69) is 15.3 Å². The van der Waals surface area contributed by atoms with Crippen molar-refractivity contribution >= 4 is 17.5 Å². The van der Waals surface area contributed by atoms with Gasteiger partial charge >= 0.3 is 0 Å². The van der Waals surface area contributed by atoms with Crippen LogP contribution < -0.4 is 5.32 Å². The van der Waals surface area contributed by atoms with E-state index in [1.165, 1.54) is 0 Å². The van der Waals surface area contributed by atoms with Crippen molar-refractivity contribution in [2.24, 2.45) is 0 Å². The highest BCUT2D eigenvalue weighted by Gasteiger charge is 2.18. The van der Waals surface area contributed by atoms with Crippen LogP contribution in [0, 0.1) is 0 Å². The number of nitrogens with one attached hydrogen (secondary N) is 1. The SMILES string of the molecule is O=C(NC(c1ccccc1)c1ccc(Cl)cc1)c1ccc(-n2ccnc2)nc1. The van der Waals surface area contributed by atoms with Gasteiger partial charge in [-0.05, 0) is 35.4 Å². The third-order valence-corrected chi connectivity index (χ3v) is 4.64. The minimum atomic E-state index is -0.292. The minimum absolute atomic E-state index is 0.200. The fourth-order valence-electron chi connectivity index (χ4n) is 2.94. The summed E-state index contributed by atoms with van der Waals surface area (Å²) in [7, 11) is 0. The maximum absolute atomic E-state index is 12.9. The molecule has 0 radical (unpaired) electrons. The molecule has 0 aliphatic carbocycles. The van der Waals surface area contributed by atoms with Crippen LogP contribution in [0.4, 0.5) is 0 Å². The van der Waals surface area contributed by atoms with Gasteiger partial charge in [-0.15, -0.1) is 0 Å². The van der Waals surface area contributed by atoms with Gasteiger partial charge in [0, 0.05) is 23.6 Å². The van der Waals surface area contributed by atoms with Gasteiger partial charge in [-0.1, -0.05) is 54.1 Å². The molecule has 28 heavy (non-hydrogen) atoms. The van der Waals surface area contributed by atoms with Crippen LogP contribution in [0.2, 0.25) is 5.02 Å². The smallest absolute Gasteiger partial charge is 0.253 e. The predicted octanol–water partition coefficient (Wildman–Crippen LogP) is 4.44. The lowest BCUT2D eigenvalue weighted by molar-refractivity contribution is 0.0942. The topological polar surface area (TPSA) is 59.8 Å². The van der Waals surface area contributed by atoms with E-state index in [1.54, 1.807) is 41.6 Å². The average Bonchev–Trinajstić information content (AvgIpc) is 3.28. The second-order valence-corrected chi connectivity index (χ2v) is 6.68. The lowest BCUT2D eigenvalue weighted by atomic mass is 9.98. The van der Waals surface area contributed by atoms with Gasteiger partial charge in [0.15, 0.2) is 0 Å². The largest absolute Gasteiger partial charge is 0.341 e. The Morgan fingerprint density at radius 2 is 1.71 bits per heavy atom. The predicted molar refractivity (Wildman–Crippen MR) is 109 cm³/mol. The van der Waals surface area contributed by atoms with Crippen LogP contribution in [0.25, 0.3) is 5.82 Å². The Morgan fingerprint density at radius 3 is 2.36 bits per heavy atom. The highest BCUT2D eigenvalue weighted by molar-refractivity contribution is 6.30. The first-order chi connectivity index (χ1) is 13.7. The van der Waals surface area contributed by atoms with Gasteiger partial charge in [0.25, 0.3) is 5.91 Å². The van der Waals surface area contributed by atoms with Crippen LogP contribution in [0.5, 0.6) is 0 Å². The molecule has 0 aliphatic rings. The van der Waals surface area contributed by atoms with Crippen molar-refractivity contribution in [1.29, 1.82) is 0 Å². The molecule has 0 aliphatic heterocycles. The lowest BCUT2D eigenvalue weighted by Crippen LogP contribution is -2.29. The molecular weight excluding hydrogens is 372 g/mol. The van der Waals surface area contributed by atoms with Gasteiger partial charge in [0.1, 0.15) is 12.1 Å². The van der Waals surface area contributed by atoms with Crippen LogP contribution in [-0.4, -0.2) is 20.4 Å². The number of aromatic nitrogens is 3. The lowest BCUT2D eigenvalue weighted by Gasteiger charge is -2.20.